The molecule has 6 heteroatoms. The smallest absolute Gasteiger partial charge is 0.266 e. The van der Waals surface area contributed by atoms with Gasteiger partial charge in [-0.3, -0.25) is 9.36 Å². The van der Waals surface area contributed by atoms with Crippen LogP contribution >= 0.6 is 11.6 Å². The van der Waals surface area contributed by atoms with Crippen molar-refractivity contribution in [2.75, 3.05) is 13.1 Å². The van der Waals surface area contributed by atoms with Crippen molar-refractivity contribution < 1.29 is 5.11 Å². The van der Waals surface area contributed by atoms with Crippen molar-refractivity contribution in [1.82, 2.24) is 14.9 Å². The average molecular weight is 294 g/mol. The van der Waals surface area contributed by atoms with E-state index in [-0.39, 0.29) is 28.0 Å². The Morgan fingerprint density at radius 2 is 2.25 bits per heavy atom. The third-order valence-corrected chi connectivity index (χ3v) is 4.02. The number of aromatic nitrogens is 2. The zero-order valence-corrected chi connectivity index (χ0v) is 11.7. The van der Waals surface area contributed by atoms with Gasteiger partial charge in [-0.05, 0) is 43.1 Å². The van der Waals surface area contributed by atoms with Gasteiger partial charge in [-0.15, -0.1) is 0 Å². The highest BCUT2D eigenvalue weighted by Gasteiger charge is 2.20. The minimum atomic E-state index is -0.271. The fourth-order valence-electron chi connectivity index (χ4n) is 2.74. The molecule has 2 aromatic rings. The zero-order chi connectivity index (χ0) is 14.1. The first-order valence-corrected chi connectivity index (χ1v) is 7.16. The molecule has 2 heterocycles. The van der Waals surface area contributed by atoms with Crippen LogP contribution in [0.3, 0.4) is 0 Å². The summed E-state index contributed by atoms with van der Waals surface area (Å²) in [6.45, 7) is 1.65. The van der Waals surface area contributed by atoms with E-state index < -0.39 is 0 Å². The van der Waals surface area contributed by atoms with Gasteiger partial charge in [0, 0.05) is 6.54 Å². The van der Waals surface area contributed by atoms with Gasteiger partial charge in [0.1, 0.15) is 11.1 Å². The molecule has 0 aliphatic carbocycles. The van der Waals surface area contributed by atoms with E-state index in [0.29, 0.717) is 12.1 Å². The van der Waals surface area contributed by atoms with E-state index >= 15 is 0 Å². The molecule has 1 aromatic heterocycles. The number of nitrogens with one attached hydrogen (secondary N) is 1. The Bertz CT molecular complexity index is 691. The first kappa shape index (κ1) is 13.4. The Balaban J connectivity index is 2.19. The van der Waals surface area contributed by atoms with E-state index in [1.807, 2.05) is 0 Å². The molecule has 0 bridgehead atoms. The molecule has 0 amide bonds. The van der Waals surface area contributed by atoms with Crippen LogP contribution in [0, 0.1) is 0 Å². The number of halogens is 1. The van der Waals surface area contributed by atoms with E-state index in [2.05, 4.69) is 10.3 Å². The number of fused-ring (bicyclic) bond motifs is 1. The molecule has 0 saturated carbocycles. The first-order chi connectivity index (χ1) is 9.68. The highest BCUT2D eigenvalue weighted by Crippen LogP contribution is 2.24. The lowest BCUT2D eigenvalue weighted by Crippen LogP contribution is -2.32. The Labute approximate surface area is 121 Å². The van der Waals surface area contributed by atoms with Gasteiger partial charge in [-0.1, -0.05) is 12.5 Å². The van der Waals surface area contributed by atoms with Crippen LogP contribution in [0.4, 0.5) is 0 Å². The number of rotatable bonds is 1. The van der Waals surface area contributed by atoms with Gasteiger partial charge in [0.05, 0.1) is 11.6 Å². The zero-order valence-electron chi connectivity index (χ0n) is 11.0. The van der Waals surface area contributed by atoms with E-state index in [1.54, 1.807) is 12.1 Å². The molecule has 3 rings (SSSR count). The minimum absolute atomic E-state index is 0.0194. The number of hydrogen-bond acceptors (Lipinski definition) is 4. The molecule has 1 atom stereocenters. The van der Waals surface area contributed by atoms with Crippen LogP contribution in [-0.2, 0) is 0 Å². The highest BCUT2D eigenvalue weighted by molar-refractivity contribution is 6.28. The van der Waals surface area contributed by atoms with Crippen molar-refractivity contribution in [3.05, 3.63) is 33.8 Å². The van der Waals surface area contributed by atoms with Crippen molar-refractivity contribution in [1.29, 1.82) is 0 Å². The second kappa shape index (κ2) is 5.42. The quantitative estimate of drug-likeness (QED) is 0.790. The SMILES string of the molecule is O=c1c2c(O)cccc2nc(Cl)n1C1CCCCNC1. The van der Waals surface area contributed by atoms with Gasteiger partial charge < -0.3 is 10.4 Å². The maximum absolute atomic E-state index is 12.6. The number of aromatic hydroxyl groups is 1. The fourth-order valence-corrected chi connectivity index (χ4v) is 3.04. The summed E-state index contributed by atoms with van der Waals surface area (Å²) in [7, 11) is 0. The Morgan fingerprint density at radius 1 is 1.40 bits per heavy atom. The van der Waals surface area contributed by atoms with Crippen molar-refractivity contribution in [3.63, 3.8) is 0 Å². The molecule has 1 aromatic carbocycles. The van der Waals surface area contributed by atoms with Gasteiger partial charge in [0.2, 0.25) is 5.28 Å². The maximum Gasteiger partial charge on any atom is 0.266 e. The molecular formula is C14H16ClN3O2. The summed E-state index contributed by atoms with van der Waals surface area (Å²) in [6, 6.07) is 4.80. The molecule has 1 aliphatic heterocycles. The largest absolute Gasteiger partial charge is 0.507 e. The maximum atomic E-state index is 12.6. The predicted octanol–water partition coefficient (Wildman–Crippen LogP) is 2.07. The Kier molecular flexibility index (Phi) is 3.63. The lowest BCUT2D eigenvalue weighted by molar-refractivity contribution is 0.444. The summed E-state index contributed by atoms with van der Waals surface area (Å²) in [5.74, 6) is -0.0491. The number of phenols is 1. The number of benzene rings is 1. The second-order valence-electron chi connectivity index (χ2n) is 5.08. The Morgan fingerprint density at radius 3 is 3.10 bits per heavy atom. The molecular weight excluding hydrogens is 278 g/mol. The third kappa shape index (κ3) is 2.27. The summed E-state index contributed by atoms with van der Waals surface area (Å²) in [5.41, 5.74) is 0.157. The predicted molar refractivity (Wildman–Crippen MR) is 78.4 cm³/mol. The minimum Gasteiger partial charge on any atom is -0.507 e. The monoisotopic (exact) mass is 293 g/mol. The number of phenolic OH excluding ortho intramolecular Hbond substituents is 1. The van der Waals surface area contributed by atoms with Crippen LogP contribution in [0.5, 0.6) is 5.75 Å². The van der Waals surface area contributed by atoms with E-state index in [0.717, 1.165) is 25.8 Å². The molecule has 2 N–H and O–H groups in total. The third-order valence-electron chi connectivity index (χ3n) is 3.75. The molecule has 1 fully saturated rings. The molecule has 5 nitrogen and oxygen atoms in total. The molecule has 1 aliphatic rings. The van der Waals surface area contributed by atoms with Gasteiger partial charge in [-0.25, -0.2) is 4.98 Å². The number of hydrogen-bond donors (Lipinski definition) is 2. The van der Waals surface area contributed by atoms with E-state index in [9.17, 15) is 9.90 Å². The van der Waals surface area contributed by atoms with Crippen molar-refractivity contribution in [2.24, 2.45) is 0 Å². The summed E-state index contributed by atoms with van der Waals surface area (Å²) in [4.78, 5) is 16.9. The first-order valence-electron chi connectivity index (χ1n) is 6.79. The second-order valence-corrected chi connectivity index (χ2v) is 5.42. The van der Waals surface area contributed by atoms with Gasteiger partial charge >= 0.3 is 0 Å². The number of nitrogens with zero attached hydrogens (tertiary/aromatic N) is 2. The van der Waals surface area contributed by atoms with Crippen molar-refractivity contribution >= 4 is 22.5 Å². The fraction of sp³-hybridized carbons (Fsp3) is 0.429. The van der Waals surface area contributed by atoms with Crippen LogP contribution in [0.25, 0.3) is 10.9 Å². The van der Waals surface area contributed by atoms with E-state index in [1.165, 1.54) is 10.6 Å². The van der Waals surface area contributed by atoms with Gasteiger partial charge in [0.25, 0.3) is 5.56 Å². The summed E-state index contributed by atoms with van der Waals surface area (Å²) < 4.78 is 1.50. The van der Waals surface area contributed by atoms with Crippen molar-refractivity contribution in [3.8, 4) is 5.75 Å². The van der Waals surface area contributed by atoms with Gasteiger partial charge in [0.15, 0.2) is 0 Å². The lowest BCUT2D eigenvalue weighted by atomic mass is 10.1. The normalized spacial score (nSPS) is 19.9. The van der Waals surface area contributed by atoms with Crippen LogP contribution in [0.1, 0.15) is 25.3 Å². The van der Waals surface area contributed by atoms with Crippen LogP contribution in [0.15, 0.2) is 23.0 Å². The Hall–Kier alpha value is -1.59. The molecule has 1 unspecified atom stereocenters. The summed E-state index contributed by atoms with van der Waals surface area (Å²) >= 11 is 6.19. The standard InChI is InChI=1S/C14H16ClN3O2/c15-14-17-10-5-3-6-11(19)12(10)13(20)18(14)9-4-1-2-7-16-8-9/h3,5-6,9,16,19H,1-2,4,7-8H2. The highest BCUT2D eigenvalue weighted by atomic mass is 35.5. The average Bonchev–Trinajstić information content (AvgIpc) is 2.67. The van der Waals surface area contributed by atoms with Crippen LogP contribution in [0.2, 0.25) is 5.28 Å². The summed E-state index contributed by atoms with van der Waals surface area (Å²) in [5, 5.41) is 13.6. The van der Waals surface area contributed by atoms with Gasteiger partial charge in [-0.2, -0.15) is 0 Å². The molecule has 0 radical (unpaired) electrons. The topological polar surface area (TPSA) is 67.1 Å². The summed E-state index contributed by atoms with van der Waals surface area (Å²) in [6.07, 6.45) is 3.02. The molecule has 20 heavy (non-hydrogen) atoms. The van der Waals surface area contributed by atoms with Crippen LogP contribution < -0.4 is 10.9 Å². The van der Waals surface area contributed by atoms with Crippen molar-refractivity contribution in [2.45, 2.75) is 25.3 Å². The van der Waals surface area contributed by atoms with E-state index in [4.69, 9.17) is 11.6 Å². The van der Waals surface area contributed by atoms with Crippen LogP contribution in [-0.4, -0.2) is 27.7 Å². The molecule has 106 valence electrons. The molecule has 0 spiro atoms. The lowest BCUT2D eigenvalue weighted by Gasteiger charge is -2.19. The molecule has 1 saturated heterocycles.